The van der Waals surface area contributed by atoms with Gasteiger partial charge in [-0.25, -0.2) is 0 Å². The van der Waals surface area contributed by atoms with E-state index in [1.807, 2.05) is 62.4 Å². The Morgan fingerprint density at radius 3 is 2.39 bits per heavy atom. The molecule has 0 aliphatic carbocycles. The summed E-state index contributed by atoms with van der Waals surface area (Å²) in [6.07, 6.45) is 0. The molecule has 0 saturated carbocycles. The Morgan fingerprint density at radius 2 is 1.68 bits per heavy atom. The van der Waals surface area contributed by atoms with E-state index in [4.69, 9.17) is 17.0 Å². The number of rotatable bonds is 6. The van der Waals surface area contributed by atoms with Gasteiger partial charge in [0.1, 0.15) is 16.6 Å². The van der Waals surface area contributed by atoms with Crippen LogP contribution in [0.5, 0.6) is 5.75 Å². The number of hydrogen-bond acceptors (Lipinski definition) is 6. The molecule has 1 N–H and O–H groups in total. The van der Waals surface area contributed by atoms with Gasteiger partial charge < -0.3 is 10.1 Å². The molecule has 2 aliphatic heterocycles. The fourth-order valence-electron chi connectivity index (χ4n) is 4.42. The van der Waals surface area contributed by atoms with Crippen molar-refractivity contribution in [3.05, 3.63) is 93.9 Å². The number of nitrogens with one attached hydrogen (secondary N) is 1. The molecule has 0 bridgehead atoms. The number of para-hydroxylation sites is 1. The van der Waals surface area contributed by atoms with Crippen molar-refractivity contribution < 1.29 is 19.1 Å². The molecule has 0 spiro atoms. The lowest BCUT2D eigenvalue weighted by Gasteiger charge is -2.17. The molecule has 3 aromatic carbocycles. The number of aryl methyl sites for hydroxylation is 2. The lowest BCUT2D eigenvalue weighted by molar-refractivity contribution is -0.122. The molecule has 1 saturated heterocycles. The van der Waals surface area contributed by atoms with E-state index in [2.05, 4.69) is 5.32 Å². The first-order chi connectivity index (χ1) is 18.3. The highest BCUT2D eigenvalue weighted by Crippen LogP contribution is 2.44. The number of anilines is 2. The zero-order valence-corrected chi connectivity index (χ0v) is 22.7. The van der Waals surface area contributed by atoms with Crippen LogP contribution in [-0.4, -0.2) is 40.6 Å². The van der Waals surface area contributed by atoms with E-state index >= 15 is 0 Å². The number of carbonyl (C=O) groups excluding carboxylic acids is 3. The van der Waals surface area contributed by atoms with Crippen LogP contribution in [0.2, 0.25) is 0 Å². The highest BCUT2D eigenvalue weighted by molar-refractivity contribution is 8.26. The van der Waals surface area contributed by atoms with Crippen LogP contribution in [0.15, 0.2) is 71.6 Å². The molecule has 7 nitrogen and oxygen atoms in total. The van der Waals surface area contributed by atoms with Crippen LogP contribution in [0.1, 0.15) is 22.3 Å². The number of nitrogens with zero attached hydrogens (tertiary/aromatic N) is 2. The fourth-order valence-corrected chi connectivity index (χ4v) is 5.75. The lowest BCUT2D eigenvalue weighted by Crippen LogP contribution is -2.35. The quantitative estimate of drug-likeness (QED) is 0.346. The number of fused-ring (bicyclic) bond motifs is 1. The molecule has 3 amide bonds. The molecule has 5 rings (SSSR count). The summed E-state index contributed by atoms with van der Waals surface area (Å²) < 4.78 is 5.58. The van der Waals surface area contributed by atoms with Gasteiger partial charge >= 0.3 is 0 Å². The van der Waals surface area contributed by atoms with E-state index in [0.717, 1.165) is 34.2 Å². The summed E-state index contributed by atoms with van der Waals surface area (Å²) in [5, 5.41) is 2.87. The third-order valence-electron chi connectivity index (χ3n) is 6.59. The first kappa shape index (κ1) is 25.7. The monoisotopic (exact) mass is 543 g/mol. The average molecular weight is 544 g/mol. The van der Waals surface area contributed by atoms with Gasteiger partial charge in [0.25, 0.3) is 11.8 Å². The van der Waals surface area contributed by atoms with E-state index in [-0.39, 0.29) is 35.4 Å². The highest BCUT2D eigenvalue weighted by atomic mass is 32.2. The second kappa shape index (κ2) is 10.4. The van der Waals surface area contributed by atoms with Gasteiger partial charge in [0.05, 0.1) is 29.8 Å². The predicted molar refractivity (Wildman–Crippen MR) is 154 cm³/mol. The predicted octanol–water partition coefficient (Wildman–Crippen LogP) is 5.07. The summed E-state index contributed by atoms with van der Waals surface area (Å²) in [6.45, 7) is 4.08. The van der Waals surface area contributed by atoms with Crippen LogP contribution in [0.4, 0.5) is 11.4 Å². The Labute approximate surface area is 230 Å². The third kappa shape index (κ3) is 4.82. The Kier molecular flexibility index (Phi) is 7.05. The Morgan fingerprint density at radius 1 is 0.947 bits per heavy atom. The maximum absolute atomic E-state index is 13.7. The fraction of sp³-hybridized carbons (Fsp3) is 0.172. The summed E-state index contributed by atoms with van der Waals surface area (Å²) in [6, 6.07) is 20.2. The van der Waals surface area contributed by atoms with Crippen LogP contribution in [-0.2, 0) is 20.9 Å². The average Bonchev–Trinajstić information content (AvgIpc) is 3.33. The van der Waals surface area contributed by atoms with E-state index in [0.29, 0.717) is 21.3 Å². The van der Waals surface area contributed by atoms with Crippen molar-refractivity contribution in [2.75, 3.05) is 23.9 Å². The standard InChI is InChI=1S/C29H25N3O4S2/c1-17-8-11-20(14-18(17)2)30-24(33)16-31-23-7-5-4-6-22(23)25(27(31)34)26-28(35)32(29(37)38-26)15-19-9-12-21(36-3)13-10-19/h4-14H,15-16H2,1-3H3,(H,30,33). The van der Waals surface area contributed by atoms with Gasteiger partial charge in [-0.15, -0.1) is 0 Å². The van der Waals surface area contributed by atoms with Crippen LogP contribution in [0.25, 0.3) is 5.57 Å². The lowest BCUT2D eigenvalue weighted by atomic mass is 10.1. The normalized spacial score (nSPS) is 16.8. The van der Waals surface area contributed by atoms with Crippen molar-refractivity contribution in [2.24, 2.45) is 0 Å². The minimum atomic E-state index is -0.397. The zero-order chi connectivity index (χ0) is 27.0. The third-order valence-corrected chi connectivity index (χ3v) is 8.04. The number of ether oxygens (including phenoxy) is 1. The number of thioether (sulfide) groups is 1. The highest BCUT2D eigenvalue weighted by Gasteiger charge is 2.42. The summed E-state index contributed by atoms with van der Waals surface area (Å²) in [4.78, 5) is 43.3. The van der Waals surface area contributed by atoms with Crippen molar-refractivity contribution >= 4 is 63.0 Å². The number of thiocarbonyl (C=S) groups is 1. The van der Waals surface area contributed by atoms with E-state index in [1.165, 1.54) is 9.80 Å². The Hall–Kier alpha value is -3.95. The van der Waals surface area contributed by atoms with Crippen molar-refractivity contribution in [2.45, 2.75) is 20.4 Å². The van der Waals surface area contributed by atoms with Gasteiger partial charge in [0.15, 0.2) is 0 Å². The number of benzene rings is 3. The molecular weight excluding hydrogens is 518 g/mol. The Bertz CT molecular complexity index is 1510. The maximum atomic E-state index is 13.7. The first-order valence-corrected chi connectivity index (χ1v) is 13.2. The van der Waals surface area contributed by atoms with Crippen molar-refractivity contribution in [1.29, 1.82) is 0 Å². The summed E-state index contributed by atoms with van der Waals surface area (Å²) in [7, 11) is 1.59. The molecule has 9 heteroatoms. The van der Waals surface area contributed by atoms with Crippen LogP contribution >= 0.6 is 24.0 Å². The van der Waals surface area contributed by atoms with Gasteiger partial charge in [-0.2, -0.15) is 0 Å². The molecular formula is C29H25N3O4S2. The smallest absolute Gasteiger partial charge is 0.267 e. The molecule has 0 radical (unpaired) electrons. The minimum absolute atomic E-state index is 0.182. The number of hydrogen-bond donors (Lipinski definition) is 1. The largest absolute Gasteiger partial charge is 0.497 e. The molecule has 3 aromatic rings. The summed E-state index contributed by atoms with van der Waals surface area (Å²) >= 11 is 6.64. The van der Waals surface area contributed by atoms with Crippen molar-refractivity contribution in [1.82, 2.24) is 4.90 Å². The van der Waals surface area contributed by atoms with Crippen LogP contribution < -0.4 is 15.0 Å². The van der Waals surface area contributed by atoms with Gasteiger partial charge in [-0.1, -0.05) is 60.4 Å². The second-order valence-corrected chi connectivity index (χ2v) is 10.7. The van der Waals surface area contributed by atoms with Gasteiger partial charge in [0, 0.05) is 11.3 Å². The molecule has 0 aromatic heterocycles. The maximum Gasteiger partial charge on any atom is 0.267 e. The minimum Gasteiger partial charge on any atom is -0.497 e. The van der Waals surface area contributed by atoms with E-state index in [9.17, 15) is 14.4 Å². The van der Waals surface area contributed by atoms with Crippen LogP contribution in [0, 0.1) is 13.8 Å². The van der Waals surface area contributed by atoms with E-state index in [1.54, 1.807) is 25.3 Å². The van der Waals surface area contributed by atoms with Gasteiger partial charge in [-0.3, -0.25) is 24.2 Å². The topological polar surface area (TPSA) is 79.0 Å². The number of amides is 3. The molecule has 1 fully saturated rings. The van der Waals surface area contributed by atoms with Gasteiger partial charge in [-0.05, 0) is 60.9 Å². The van der Waals surface area contributed by atoms with Crippen molar-refractivity contribution in [3.8, 4) is 5.75 Å². The molecule has 38 heavy (non-hydrogen) atoms. The summed E-state index contributed by atoms with van der Waals surface area (Å²) in [5.41, 5.74) is 5.21. The number of methoxy groups -OCH3 is 1. The summed E-state index contributed by atoms with van der Waals surface area (Å²) in [5.74, 6) is -0.331. The van der Waals surface area contributed by atoms with E-state index < -0.39 is 5.91 Å². The van der Waals surface area contributed by atoms with Crippen molar-refractivity contribution in [3.63, 3.8) is 0 Å². The molecule has 192 valence electrons. The zero-order valence-electron chi connectivity index (χ0n) is 21.1. The Balaban J connectivity index is 1.40. The van der Waals surface area contributed by atoms with Crippen LogP contribution in [0.3, 0.4) is 0 Å². The molecule has 0 unspecified atom stereocenters. The molecule has 2 aliphatic rings. The first-order valence-electron chi connectivity index (χ1n) is 12.0. The number of carbonyl (C=O) groups is 3. The SMILES string of the molecule is COc1ccc(CN2C(=O)C(=C3C(=O)N(CC(=O)Nc4ccc(C)c(C)c4)c4ccccc43)SC2=S)cc1. The van der Waals surface area contributed by atoms with Gasteiger partial charge in [0.2, 0.25) is 5.91 Å². The second-order valence-electron chi connectivity index (χ2n) is 9.07. The molecule has 0 atom stereocenters. The molecule has 2 heterocycles.